The second-order valence-corrected chi connectivity index (χ2v) is 5.94. The minimum Gasteiger partial charge on any atom is -0.355 e. The molecular weight excluding hydrogens is 276 g/mol. The minimum absolute atomic E-state index is 0.0612. The van der Waals surface area contributed by atoms with Gasteiger partial charge in [0, 0.05) is 31.9 Å². The number of carbonyl (C=O) groups is 1. The molecule has 0 aliphatic carbocycles. The van der Waals surface area contributed by atoms with E-state index in [9.17, 15) is 4.79 Å². The molecule has 22 heavy (non-hydrogen) atoms. The molecule has 1 saturated heterocycles. The van der Waals surface area contributed by atoms with E-state index in [0.29, 0.717) is 5.92 Å². The van der Waals surface area contributed by atoms with Crippen LogP contribution in [0.15, 0.2) is 18.3 Å². The largest absolute Gasteiger partial charge is 0.355 e. The summed E-state index contributed by atoms with van der Waals surface area (Å²) in [6, 6.07) is 4.09. The van der Waals surface area contributed by atoms with Gasteiger partial charge in [-0.2, -0.15) is 5.10 Å². The lowest BCUT2D eigenvalue weighted by Crippen LogP contribution is -2.43. The highest BCUT2D eigenvalue weighted by Crippen LogP contribution is 2.22. The van der Waals surface area contributed by atoms with Gasteiger partial charge in [0.2, 0.25) is 0 Å². The normalized spacial score (nSPS) is 15.4. The van der Waals surface area contributed by atoms with Crippen molar-refractivity contribution in [3.63, 3.8) is 0 Å². The van der Waals surface area contributed by atoms with Gasteiger partial charge in [0.25, 0.3) is 5.91 Å². The summed E-state index contributed by atoms with van der Waals surface area (Å²) in [6.45, 7) is 8.51. The maximum absolute atomic E-state index is 12.1. The molecule has 118 valence electrons. The van der Waals surface area contributed by atoms with Crippen LogP contribution in [0.25, 0.3) is 0 Å². The highest BCUT2D eigenvalue weighted by atomic mass is 16.2. The molecule has 1 aliphatic rings. The molecule has 0 saturated carbocycles. The lowest BCUT2D eigenvalue weighted by atomic mass is 9.95. The third-order valence-corrected chi connectivity index (χ3v) is 4.07. The van der Waals surface area contributed by atoms with Crippen LogP contribution in [-0.4, -0.2) is 46.7 Å². The van der Waals surface area contributed by atoms with Gasteiger partial charge in [-0.25, -0.2) is 0 Å². The van der Waals surface area contributed by atoms with Crippen LogP contribution < -0.4 is 4.90 Å². The predicted octanol–water partition coefficient (Wildman–Crippen LogP) is 1.95. The van der Waals surface area contributed by atoms with Crippen LogP contribution in [0.5, 0.6) is 0 Å². The summed E-state index contributed by atoms with van der Waals surface area (Å²) in [4.78, 5) is 16.2. The number of piperidine rings is 1. The van der Waals surface area contributed by atoms with Gasteiger partial charge in [-0.05, 0) is 57.6 Å². The van der Waals surface area contributed by atoms with Gasteiger partial charge in [0.1, 0.15) is 0 Å². The Bertz CT molecular complexity index is 539. The van der Waals surface area contributed by atoms with Crippen molar-refractivity contribution in [2.75, 3.05) is 24.5 Å². The Balaban J connectivity index is 1.90. The van der Waals surface area contributed by atoms with Crippen molar-refractivity contribution >= 4 is 11.7 Å². The highest BCUT2D eigenvalue weighted by molar-refractivity contribution is 5.93. The molecule has 0 bridgehead atoms. The zero-order valence-corrected chi connectivity index (χ0v) is 13.6. The quantitative estimate of drug-likeness (QED) is 0.798. The fourth-order valence-electron chi connectivity index (χ4n) is 2.79. The van der Waals surface area contributed by atoms with E-state index >= 15 is 0 Å². The van der Waals surface area contributed by atoms with Crippen LogP contribution in [-0.2, 0) is 4.79 Å². The molecule has 0 spiro atoms. The molecule has 1 amide bonds. The summed E-state index contributed by atoms with van der Waals surface area (Å²) >= 11 is 0. The van der Waals surface area contributed by atoms with Crippen molar-refractivity contribution in [2.45, 2.75) is 39.7 Å². The van der Waals surface area contributed by atoms with E-state index in [2.05, 4.69) is 26.9 Å². The molecule has 2 rings (SSSR count). The Morgan fingerprint density at radius 2 is 2.18 bits per heavy atom. The fraction of sp³-hybridized carbons (Fsp3) is 0.588. The topological polar surface area (TPSA) is 49.3 Å². The van der Waals surface area contributed by atoms with Crippen LogP contribution in [0.3, 0.4) is 0 Å². The van der Waals surface area contributed by atoms with Crippen molar-refractivity contribution in [1.82, 2.24) is 15.1 Å². The van der Waals surface area contributed by atoms with Crippen LogP contribution in [0.1, 0.15) is 33.6 Å². The average Bonchev–Trinajstić information content (AvgIpc) is 2.54. The standard InChI is InChI=1S/C17H24N4O/c1-4-6-17(22)21(14(2)3)13-15-8-11-20(12-9-15)16-7-5-10-18-19-16/h5,7,10,14-15H,8-9,11-13H2,1-3H3. The number of amides is 1. The SMILES string of the molecule is CC#CC(=O)N(CC1CCN(c2cccnn2)CC1)C(C)C. The smallest absolute Gasteiger partial charge is 0.298 e. The van der Waals surface area contributed by atoms with E-state index in [1.807, 2.05) is 30.9 Å². The van der Waals surface area contributed by atoms with Gasteiger partial charge >= 0.3 is 0 Å². The first-order valence-electron chi connectivity index (χ1n) is 7.87. The van der Waals surface area contributed by atoms with Gasteiger partial charge < -0.3 is 9.80 Å². The van der Waals surface area contributed by atoms with Crippen LogP contribution in [0.2, 0.25) is 0 Å². The predicted molar refractivity (Wildman–Crippen MR) is 87.3 cm³/mol. The number of hydrogen-bond donors (Lipinski definition) is 0. The van der Waals surface area contributed by atoms with Gasteiger partial charge in [0.15, 0.2) is 5.82 Å². The number of carbonyl (C=O) groups excluding carboxylic acids is 1. The summed E-state index contributed by atoms with van der Waals surface area (Å²) in [5.41, 5.74) is 0. The van der Waals surface area contributed by atoms with E-state index in [1.165, 1.54) is 0 Å². The summed E-state index contributed by atoms with van der Waals surface area (Å²) in [6.07, 6.45) is 3.82. The second kappa shape index (κ2) is 7.79. The second-order valence-electron chi connectivity index (χ2n) is 5.94. The Labute approximate surface area is 132 Å². The summed E-state index contributed by atoms with van der Waals surface area (Å²) in [7, 11) is 0. The lowest BCUT2D eigenvalue weighted by molar-refractivity contribution is -0.127. The molecule has 0 radical (unpaired) electrons. The van der Waals surface area contributed by atoms with E-state index < -0.39 is 0 Å². The Morgan fingerprint density at radius 3 is 2.73 bits per heavy atom. The molecule has 2 heterocycles. The first-order valence-corrected chi connectivity index (χ1v) is 7.87. The fourth-order valence-corrected chi connectivity index (χ4v) is 2.79. The molecule has 0 unspecified atom stereocenters. The maximum Gasteiger partial charge on any atom is 0.298 e. The first-order chi connectivity index (χ1) is 10.6. The number of anilines is 1. The van der Waals surface area contributed by atoms with Gasteiger partial charge in [-0.15, -0.1) is 5.10 Å². The molecular formula is C17H24N4O. The van der Waals surface area contributed by atoms with Crippen molar-refractivity contribution in [2.24, 2.45) is 5.92 Å². The number of aromatic nitrogens is 2. The maximum atomic E-state index is 12.1. The van der Waals surface area contributed by atoms with E-state index in [-0.39, 0.29) is 11.9 Å². The third kappa shape index (κ3) is 4.20. The molecule has 1 fully saturated rings. The molecule has 1 aliphatic heterocycles. The summed E-state index contributed by atoms with van der Waals surface area (Å²) < 4.78 is 0. The van der Waals surface area contributed by atoms with E-state index in [4.69, 9.17) is 0 Å². The minimum atomic E-state index is -0.0612. The number of rotatable bonds is 4. The van der Waals surface area contributed by atoms with Gasteiger partial charge in [-0.1, -0.05) is 5.92 Å². The Kier molecular flexibility index (Phi) is 5.76. The molecule has 5 heteroatoms. The van der Waals surface area contributed by atoms with Crippen molar-refractivity contribution in [1.29, 1.82) is 0 Å². The van der Waals surface area contributed by atoms with E-state index in [0.717, 1.165) is 38.3 Å². The van der Waals surface area contributed by atoms with Crippen molar-refractivity contribution in [3.05, 3.63) is 18.3 Å². The van der Waals surface area contributed by atoms with Crippen molar-refractivity contribution in [3.8, 4) is 11.8 Å². The molecule has 0 atom stereocenters. The Hall–Kier alpha value is -2.09. The van der Waals surface area contributed by atoms with Crippen molar-refractivity contribution < 1.29 is 4.79 Å². The summed E-state index contributed by atoms with van der Waals surface area (Å²) in [5.74, 6) is 6.77. The number of nitrogens with zero attached hydrogens (tertiary/aromatic N) is 4. The lowest BCUT2D eigenvalue weighted by Gasteiger charge is -2.36. The third-order valence-electron chi connectivity index (χ3n) is 4.07. The average molecular weight is 300 g/mol. The summed E-state index contributed by atoms with van der Waals surface area (Å²) in [5, 5.41) is 8.10. The monoisotopic (exact) mass is 300 g/mol. The first kappa shape index (κ1) is 16.3. The van der Waals surface area contributed by atoms with Gasteiger partial charge in [0.05, 0.1) is 0 Å². The highest BCUT2D eigenvalue weighted by Gasteiger charge is 2.25. The molecule has 1 aromatic heterocycles. The van der Waals surface area contributed by atoms with Gasteiger partial charge in [-0.3, -0.25) is 4.79 Å². The molecule has 1 aromatic rings. The van der Waals surface area contributed by atoms with Crippen LogP contribution >= 0.6 is 0 Å². The Morgan fingerprint density at radius 1 is 1.45 bits per heavy atom. The van der Waals surface area contributed by atoms with Crippen LogP contribution in [0, 0.1) is 17.8 Å². The zero-order chi connectivity index (χ0) is 15.9. The molecule has 5 nitrogen and oxygen atoms in total. The molecule has 0 N–H and O–H groups in total. The van der Waals surface area contributed by atoms with Crippen LogP contribution in [0.4, 0.5) is 5.82 Å². The van der Waals surface area contributed by atoms with E-state index in [1.54, 1.807) is 13.1 Å². The number of hydrogen-bond acceptors (Lipinski definition) is 4. The molecule has 0 aromatic carbocycles. The zero-order valence-electron chi connectivity index (χ0n) is 13.6.